The minimum absolute atomic E-state index is 0.353. The third-order valence-electron chi connectivity index (χ3n) is 2.91. The Kier molecular flexibility index (Phi) is 6.01. The molecule has 0 fully saturated rings. The van der Waals surface area contributed by atoms with E-state index >= 15 is 0 Å². The number of nitrogens with one attached hydrogen (secondary N) is 1. The molecule has 1 atom stereocenters. The molecule has 1 aromatic carbocycles. The molecule has 0 aliphatic rings. The van der Waals surface area contributed by atoms with Gasteiger partial charge in [0.25, 0.3) is 0 Å². The lowest BCUT2D eigenvalue weighted by molar-refractivity contribution is 0.183. The first-order valence-corrected chi connectivity index (χ1v) is 6.09. The first-order valence-electron chi connectivity index (χ1n) is 6.09. The summed E-state index contributed by atoms with van der Waals surface area (Å²) in [5, 5.41) is 3.49. The fourth-order valence-corrected chi connectivity index (χ4v) is 2.02. The second-order valence-electron chi connectivity index (χ2n) is 4.11. The maximum atomic E-state index is 5.23. The van der Waals surface area contributed by atoms with Gasteiger partial charge >= 0.3 is 0 Å². The molecule has 0 radical (unpaired) electrons. The molecular formula is C14H23NO2. The van der Waals surface area contributed by atoms with E-state index < -0.39 is 0 Å². The monoisotopic (exact) mass is 237 g/mol. The first kappa shape index (κ1) is 14.0. The van der Waals surface area contributed by atoms with E-state index in [0.29, 0.717) is 6.04 Å². The fraction of sp³-hybridized carbons (Fsp3) is 0.571. The van der Waals surface area contributed by atoms with Crippen LogP contribution in [0.5, 0.6) is 5.75 Å². The average molecular weight is 237 g/mol. The average Bonchev–Trinajstić information content (AvgIpc) is 2.34. The summed E-state index contributed by atoms with van der Waals surface area (Å²) >= 11 is 0. The summed E-state index contributed by atoms with van der Waals surface area (Å²) < 4.78 is 10.4. The van der Waals surface area contributed by atoms with E-state index in [1.54, 1.807) is 14.2 Å². The second kappa shape index (κ2) is 7.30. The molecule has 0 bridgehead atoms. The van der Waals surface area contributed by atoms with E-state index in [2.05, 4.69) is 31.3 Å². The lowest BCUT2D eigenvalue weighted by Gasteiger charge is -2.20. The van der Waals surface area contributed by atoms with Gasteiger partial charge in [-0.05, 0) is 43.1 Å². The van der Waals surface area contributed by atoms with E-state index in [1.165, 1.54) is 11.1 Å². The highest BCUT2D eigenvalue weighted by atomic mass is 16.5. The molecule has 0 aliphatic carbocycles. The van der Waals surface area contributed by atoms with Gasteiger partial charge in [-0.25, -0.2) is 0 Å². The number of rotatable bonds is 7. The van der Waals surface area contributed by atoms with Crippen LogP contribution in [0.4, 0.5) is 0 Å². The van der Waals surface area contributed by atoms with Crippen LogP contribution < -0.4 is 10.1 Å². The third kappa shape index (κ3) is 4.02. The Morgan fingerprint density at radius 1 is 1.29 bits per heavy atom. The van der Waals surface area contributed by atoms with Crippen molar-refractivity contribution in [3.05, 3.63) is 29.3 Å². The molecule has 0 aromatic heterocycles. The molecule has 1 unspecified atom stereocenters. The molecule has 96 valence electrons. The zero-order chi connectivity index (χ0) is 12.7. The van der Waals surface area contributed by atoms with Crippen molar-refractivity contribution in [3.63, 3.8) is 0 Å². The van der Waals surface area contributed by atoms with Gasteiger partial charge < -0.3 is 14.8 Å². The van der Waals surface area contributed by atoms with Gasteiger partial charge in [-0.3, -0.25) is 0 Å². The van der Waals surface area contributed by atoms with Crippen LogP contribution in [0.1, 0.15) is 30.5 Å². The number of hydrogen-bond acceptors (Lipinski definition) is 3. The molecule has 3 heteroatoms. The Bertz CT molecular complexity index is 339. The molecule has 0 amide bonds. The van der Waals surface area contributed by atoms with Gasteiger partial charge in [0.05, 0.1) is 7.11 Å². The maximum absolute atomic E-state index is 5.23. The minimum Gasteiger partial charge on any atom is -0.497 e. The molecule has 0 heterocycles. The third-order valence-corrected chi connectivity index (χ3v) is 2.91. The number of ether oxygens (including phenoxy) is 2. The van der Waals surface area contributed by atoms with Crippen LogP contribution in [0.15, 0.2) is 18.2 Å². The molecule has 1 rings (SSSR count). The molecule has 1 N–H and O–H groups in total. The Morgan fingerprint density at radius 2 is 2.06 bits per heavy atom. The molecular weight excluding hydrogens is 214 g/mol. The van der Waals surface area contributed by atoms with Gasteiger partial charge in [-0.2, -0.15) is 0 Å². The topological polar surface area (TPSA) is 30.5 Å². The van der Waals surface area contributed by atoms with Crippen molar-refractivity contribution in [1.29, 1.82) is 0 Å². The lowest BCUT2D eigenvalue weighted by Crippen LogP contribution is -2.23. The van der Waals surface area contributed by atoms with Crippen LogP contribution in [0.3, 0.4) is 0 Å². The molecule has 0 saturated heterocycles. The molecule has 1 aromatic rings. The van der Waals surface area contributed by atoms with E-state index in [-0.39, 0.29) is 0 Å². The van der Waals surface area contributed by atoms with Crippen molar-refractivity contribution in [2.75, 3.05) is 27.4 Å². The van der Waals surface area contributed by atoms with Gasteiger partial charge in [0.15, 0.2) is 0 Å². The normalized spacial score (nSPS) is 12.5. The summed E-state index contributed by atoms with van der Waals surface area (Å²) in [6, 6.07) is 6.58. The van der Waals surface area contributed by atoms with Crippen LogP contribution >= 0.6 is 0 Å². The highest BCUT2D eigenvalue weighted by molar-refractivity contribution is 5.36. The molecule has 0 saturated carbocycles. The SMILES string of the molecule is CCNC(CCOC)c1ccc(OC)cc1C. The highest BCUT2D eigenvalue weighted by Gasteiger charge is 2.12. The number of benzene rings is 1. The second-order valence-corrected chi connectivity index (χ2v) is 4.11. The zero-order valence-electron chi connectivity index (χ0n) is 11.2. The Balaban J connectivity index is 2.85. The zero-order valence-corrected chi connectivity index (χ0v) is 11.2. The summed E-state index contributed by atoms with van der Waals surface area (Å²) in [6.07, 6.45) is 0.984. The van der Waals surface area contributed by atoms with E-state index in [1.807, 2.05) is 6.07 Å². The van der Waals surface area contributed by atoms with Gasteiger partial charge in [-0.15, -0.1) is 0 Å². The van der Waals surface area contributed by atoms with Crippen LogP contribution in [0.2, 0.25) is 0 Å². The predicted molar refractivity (Wildman–Crippen MR) is 70.6 cm³/mol. The predicted octanol–water partition coefficient (Wildman–Crippen LogP) is 2.69. The van der Waals surface area contributed by atoms with E-state index in [0.717, 1.165) is 25.3 Å². The standard InChI is InChI=1S/C14H23NO2/c1-5-15-14(8-9-16-3)13-7-6-12(17-4)10-11(13)2/h6-7,10,14-15H,5,8-9H2,1-4H3. The molecule has 17 heavy (non-hydrogen) atoms. The van der Waals surface area contributed by atoms with Crippen molar-refractivity contribution in [2.45, 2.75) is 26.3 Å². The van der Waals surface area contributed by atoms with Gasteiger partial charge in [0.2, 0.25) is 0 Å². The molecule has 0 spiro atoms. The Labute approximate surface area is 104 Å². The Hall–Kier alpha value is -1.06. The van der Waals surface area contributed by atoms with Gasteiger partial charge in [-0.1, -0.05) is 13.0 Å². The van der Waals surface area contributed by atoms with Crippen molar-refractivity contribution >= 4 is 0 Å². The smallest absolute Gasteiger partial charge is 0.119 e. The highest BCUT2D eigenvalue weighted by Crippen LogP contribution is 2.24. The van der Waals surface area contributed by atoms with Crippen molar-refractivity contribution < 1.29 is 9.47 Å². The molecule has 0 aliphatic heterocycles. The summed E-state index contributed by atoms with van der Waals surface area (Å²) in [6.45, 7) is 5.97. The van der Waals surface area contributed by atoms with Crippen LogP contribution in [-0.2, 0) is 4.74 Å². The van der Waals surface area contributed by atoms with Crippen molar-refractivity contribution in [2.24, 2.45) is 0 Å². The number of methoxy groups -OCH3 is 2. The molecule has 3 nitrogen and oxygen atoms in total. The van der Waals surface area contributed by atoms with Crippen LogP contribution in [-0.4, -0.2) is 27.4 Å². The maximum Gasteiger partial charge on any atom is 0.119 e. The number of aryl methyl sites for hydroxylation is 1. The first-order chi connectivity index (χ1) is 8.22. The van der Waals surface area contributed by atoms with E-state index in [9.17, 15) is 0 Å². The summed E-state index contributed by atoms with van der Waals surface area (Å²) in [4.78, 5) is 0. The van der Waals surface area contributed by atoms with Crippen molar-refractivity contribution in [3.8, 4) is 5.75 Å². The number of hydrogen-bond donors (Lipinski definition) is 1. The van der Waals surface area contributed by atoms with Gasteiger partial charge in [0.1, 0.15) is 5.75 Å². The minimum atomic E-state index is 0.353. The lowest BCUT2D eigenvalue weighted by atomic mass is 9.98. The summed E-state index contributed by atoms with van der Waals surface area (Å²) in [5.74, 6) is 0.910. The van der Waals surface area contributed by atoms with Crippen molar-refractivity contribution in [1.82, 2.24) is 5.32 Å². The largest absolute Gasteiger partial charge is 0.497 e. The van der Waals surface area contributed by atoms with Crippen LogP contribution in [0.25, 0.3) is 0 Å². The van der Waals surface area contributed by atoms with E-state index in [4.69, 9.17) is 9.47 Å². The summed E-state index contributed by atoms with van der Waals surface area (Å²) in [7, 11) is 3.44. The van der Waals surface area contributed by atoms with Crippen LogP contribution in [0, 0.1) is 6.92 Å². The van der Waals surface area contributed by atoms with Gasteiger partial charge in [0, 0.05) is 19.8 Å². The summed E-state index contributed by atoms with van der Waals surface area (Å²) in [5.41, 5.74) is 2.58. The quantitative estimate of drug-likeness (QED) is 0.791. The Morgan fingerprint density at radius 3 is 2.59 bits per heavy atom. The fourth-order valence-electron chi connectivity index (χ4n) is 2.02.